The average Bonchev–Trinajstić information content (AvgIpc) is 2.27. The van der Waals surface area contributed by atoms with Crippen LogP contribution in [0.25, 0.3) is 11.5 Å². The second-order valence-corrected chi connectivity index (χ2v) is 4.93. The first-order valence-electron chi connectivity index (χ1n) is 6.14. The Hall–Kier alpha value is -1.55. The average molecular weight is 259 g/mol. The van der Waals surface area contributed by atoms with Crippen molar-refractivity contribution in [2.45, 2.75) is 33.6 Å². The van der Waals surface area contributed by atoms with Crippen LogP contribution in [0, 0.1) is 18.5 Å². The Labute approximate surface area is 112 Å². The Morgan fingerprint density at radius 1 is 1.17 bits per heavy atom. The highest BCUT2D eigenvalue weighted by molar-refractivity contribution is 7.71. The maximum absolute atomic E-state index is 5.21. The third-order valence-corrected chi connectivity index (χ3v) is 2.87. The topological polar surface area (TPSA) is 41.6 Å². The van der Waals surface area contributed by atoms with Crippen LogP contribution in [0.3, 0.4) is 0 Å². The molecule has 0 aliphatic rings. The van der Waals surface area contributed by atoms with Gasteiger partial charge in [-0.15, -0.1) is 0 Å². The SMILES string of the molecule is CCCc1cc(=S)nc(-c2cc(C)cc(C)n2)[nH]1. The molecule has 0 spiro atoms. The molecule has 0 atom stereocenters. The molecule has 3 nitrogen and oxygen atoms in total. The number of aromatic amines is 1. The molecular weight excluding hydrogens is 242 g/mol. The van der Waals surface area contributed by atoms with Crippen LogP contribution in [0.15, 0.2) is 18.2 Å². The van der Waals surface area contributed by atoms with Crippen molar-refractivity contribution in [2.75, 3.05) is 0 Å². The Balaban J connectivity index is 2.52. The largest absolute Gasteiger partial charge is 0.342 e. The van der Waals surface area contributed by atoms with Gasteiger partial charge < -0.3 is 4.98 Å². The van der Waals surface area contributed by atoms with Gasteiger partial charge in [0.15, 0.2) is 5.82 Å². The lowest BCUT2D eigenvalue weighted by atomic mass is 10.2. The Morgan fingerprint density at radius 3 is 2.61 bits per heavy atom. The van der Waals surface area contributed by atoms with Crippen LogP contribution >= 0.6 is 12.2 Å². The molecule has 18 heavy (non-hydrogen) atoms. The van der Waals surface area contributed by atoms with Crippen molar-refractivity contribution in [1.82, 2.24) is 15.0 Å². The number of hydrogen-bond acceptors (Lipinski definition) is 3. The Bertz CT molecular complexity index is 596. The van der Waals surface area contributed by atoms with E-state index in [0.29, 0.717) is 4.64 Å². The van der Waals surface area contributed by atoms with Gasteiger partial charge in [-0.3, -0.25) is 0 Å². The van der Waals surface area contributed by atoms with Crippen LogP contribution in [-0.4, -0.2) is 15.0 Å². The van der Waals surface area contributed by atoms with Gasteiger partial charge in [0.2, 0.25) is 0 Å². The fourth-order valence-electron chi connectivity index (χ4n) is 2.00. The molecule has 0 radical (unpaired) electrons. The second kappa shape index (κ2) is 5.40. The smallest absolute Gasteiger partial charge is 0.157 e. The van der Waals surface area contributed by atoms with E-state index in [-0.39, 0.29) is 0 Å². The zero-order valence-corrected chi connectivity index (χ0v) is 11.8. The minimum atomic E-state index is 0.619. The van der Waals surface area contributed by atoms with Crippen LogP contribution in [-0.2, 0) is 6.42 Å². The first kappa shape index (κ1) is 12.9. The first-order chi connectivity index (χ1) is 8.58. The number of nitrogens with one attached hydrogen (secondary N) is 1. The van der Waals surface area contributed by atoms with Crippen LogP contribution in [0.2, 0.25) is 0 Å². The van der Waals surface area contributed by atoms with Crippen LogP contribution in [0.1, 0.15) is 30.3 Å². The third-order valence-electron chi connectivity index (χ3n) is 2.66. The molecule has 0 aromatic carbocycles. The summed E-state index contributed by atoms with van der Waals surface area (Å²) in [5, 5.41) is 0. The predicted molar refractivity (Wildman–Crippen MR) is 76.1 cm³/mol. The van der Waals surface area contributed by atoms with Gasteiger partial charge in [-0.25, -0.2) is 9.97 Å². The summed E-state index contributed by atoms with van der Waals surface area (Å²) in [6.45, 7) is 6.19. The van der Waals surface area contributed by atoms with Crippen molar-refractivity contribution >= 4 is 12.2 Å². The minimum Gasteiger partial charge on any atom is -0.342 e. The Morgan fingerprint density at radius 2 is 1.94 bits per heavy atom. The quantitative estimate of drug-likeness (QED) is 0.853. The van der Waals surface area contributed by atoms with Gasteiger partial charge in [-0.1, -0.05) is 25.6 Å². The highest BCUT2D eigenvalue weighted by Crippen LogP contribution is 2.16. The molecule has 0 saturated carbocycles. The van der Waals surface area contributed by atoms with Gasteiger partial charge in [0, 0.05) is 11.4 Å². The molecule has 2 aromatic heterocycles. The molecule has 0 aliphatic carbocycles. The normalized spacial score (nSPS) is 10.6. The number of H-pyrrole nitrogens is 1. The first-order valence-corrected chi connectivity index (χ1v) is 6.55. The molecule has 94 valence electrons. The number of nitrogens with zero attached hydrogens (tertiary/aromatic N) is 2. The fraction of sp³-hybridized carbons (Fsp3) is 0.357. The predicted octanol–water partition coefficient (Wildman–Crippen LogP) is 3.77. The van der Waals surface area contributed by atoms with Crippen LogP contribution in [0.5, 0.6) is 0 Å². The summed E-state index contributed by atoms with van der Waals surface area (Å²) in [5.74, 6) is 0.762. The molecule has 2 heterocycles. The molecule has 0 saturated heterocycles. The Kier molecular flexibility index (Phi) is 3.87. The summed E-state index contributed by atoms with van der Waals surface area (Å²) < 4.78 is 0.619. The number of aromatic nitrogens is 3. The van der Waals surface area contributed by atoms with Crippen LogP contribution in [0.4, 0.5) is 0 Å². The highest BCUT2D eigenvalue weighted by Gasteiger charge is 2.05. The molecule has 0 amide bonds. The van der Waals surface area contributed by atoms with Crippen molar-refractivity contribution in [2.24, 2.45) is 0 Å². The van der Waals surface area contributed by atoms with Crippen molar-refractivity contribution in [3.8, 4) is 11.5 Å². The number of hydrogen-bond donors (Lipinski definition) is 1. The number of rotatable bonds is 3. The molecule has 1 N–H and O–H groups in total. The van der Waals surface area contributed by atoms with Gasteiger partial charge in [-0.2, -0.15) is 0 Å². The zero-order valence-electron chi connectivity index (χ0n) is 10.9. The summed E-state index contributed by atoms with van der Waals surface area (Å²) in [4.78, 5) is 12.2. The summed E-state index contributed by atoms with van der Waals surface area (Å²) in [5.41, 5.74) is 4.15. The summed E-state index contributed by atoms with van der Waals surface area (Å²) >= 11 is 5.21. The monoisotopic (exact) mass is 259 g/mol. The maximum Gasteiger partial charge on any atom is 0.157 e. The molecule has 0 bridgehead atoms. The van der Waals surface area contributed by atoms with Gasteiger partial charge >= 0.3 is 0 Å². The summed E-state index contributed by atoms with van der Waals surface area (Å²) in [7, 11) is 0. The van der Waals surface area contributed by atoms with E-state index in [1.807, 2.05) is 25.1 Å². The van der Waals surface area contributed by atoms with E-state index in [1.54, 1.807) is 0 Å². The van der Waals surface area contributed by atoms with Crippen molar-refractivity contribution in [3.05, 3.63) is 39.8 Å². The van der Waals surface area contributed by atoms with Crippen molar-refractivity contribution in [3.63, 3.8) is 0 Å². The molecule has 0 aliphatic heterocycles. The number of pyridine rings is 1. The van der Waals surface area contributed by atoms with E-state index in [2.05, 4.69) is 28.8 Å². The van der Waals surface area contributed by atoms with E-state index < -0.39 is 0 Å². The van der Waals surface area contributed by atoms with E-state index in [4.69, 9.17) is 12.2 Å². The van der Waals surface area contributed by atoms with E-state index in [1.165, 1.54) is 5.56 Å². The van der Waals surface area contributed by atoms with E-state index in [0.717, 1.165) is 35.7 Å². The van der Waals surface area contributed by atoms with Gasteiger partial charge in [0.05, 0.1) is 0 Å². The summed E-state index contributed by atoms with van der Waals surface area (Å²) in [6, 6.07) is 6.00. The lowest BCUT2D eigenvalue weighted by Crippen LogP contribution is -1.98. The van der Waals surface area contributed by atoms with Gasteiger partial charge in [-0.05, 0) is 44.0 Å². The highest BCUT2D eigenvalue weighted by atomic mass is 32.1. The maximum atomic E-state index is 5.21. The van der Waals surface area contributed by atoms with E-state index >= 15 is 0 Å². The molecule has 2 rings (SSSR count). The van der Waals surface area contributed by atoms with Crippen LogP contribution < -0.4 is 0 Å². The molecule has 0 unspecified atom stereocenters. The second-order valence-electron chi connectivity index (χ2n) is 4.51. The lowest BCUT2D eigenvalue weighted by molar-refractivity contribution is 0.871. The molecule has 2 aromatic rings. The van der Waals surface area contributed by atoms with E-state index in [9.17, 15) is 0 Å². The minimum absolute atomic E-state index is 0.619. The molecular formula is C14H17N3S. The van der Waals surface area contributed by atoms with Gasteiger partial charge in [0.1, 0.15) is 10.3 Å². The third kappa shape index (κ3) is 3.01. The standard InChI is InChI=1S/C14H17N3S/c1-4-5-11-8-13(18)17-14(16-11)12-7-9(2)6-10(3)15-12/h6-8H,4-5H2,1-3H3,(H,16,17,18). The van der Waals surface area contributed by atoms with Crippen molar-refractivity contribution < 1.29 is 0 Å². The fourth-order valence-corrected chi connectivity index (χ4v) is 2.23. The zero-order chi connectivity index (χ0) is 13.1. The number of aryl methyl sites for hydroxylation is 3. The van der Waals surface area contributed by atoms with Gasteiger partial charge in [0.25, 0.3) is 0 Å². The lowest BCUT2D eigenvalue weighted by Gasteiger charge is -2.06. The van der Waals surface area contributed by atoms with Crippen molar-refractivity contribution in [1.29, 1.82) is 0 Å². The summed E-state index contributed by atoms with van der Waals surface area (Å²) in [6.07, 6.45) is 2.05. The molecule has 4 heteroatoms. The molecule has 0 fully saturated rings.